The normalized spacial score (nSPS) is 13.3. The van der Waals surface area contributed by atoms with Gasteiger partial charge in [0.05, 0.1) is 33.5 Å². The van der Waals surface area contributed by atoms with Gasteiger partial charge in [-0.25, -0.2) is 4.98 Å². The molecule has 65 heavy (non-hydrogen) atoms. The van der Waals surface area contributed by atoms with Crippen LogP contribution in [-0.2, 0) is 16.2 Å². The second kappa shape index (κ2) is 17.3. The molecule has 0 bridgehead atoms. The van der Waals surface area contributed by atoms with Gasteiger partial charge in [0.2, 0.25) is 0 Å². The Morgan fingerprint density at radius 1 is 0.585 bits per heavy atom. The zero-order chi connectivity index (χ0) is 50.1. The smallest absolute Gasteiger partial charge is 0.149 e. The number of phenols is 1. The van der Waals surface area contributed by atoms with E-state index in [9.17, 15) is 5.11 Å². The third kappa shape index (κ3) is 8.93. The van der Waals surface area contributed by atoms with Gasteiger partial charge in [-0.15, -0.1) is 0 Å². The van der Waals surface area contributed by atoms with Gasteiger partial charge in [0.25, 0.3) is 0 Å². The fraction of sp³-hybridized carbons (Fsp3) is 0.311. The number of aromatic hydroxyl groups is 1. The summed E-state index contributed by atoms with van der Waals surface area (Å²) in [6.07, 6.45) is 2.67. The fourth-order valence-electron chi connectivity index (χ4n) is 8.53. The number of pyridine rings is 1. The minimum Gasteiger partial charge on any atom is -0.507 e. The van der Waals surface area contributed by atoms with Crippen LogP contribution < -0.4 is 0 Å². The van der Waals surface area contributed by atoms with Crippen molar-refractivity contribution in [2.45, 2.75) is 125 Å². The van der Waals surface area contributed by atoms with E-state index in [1.165, 1.54) is 5.56 Å². The lowest BCUT2D eigenvalue weighted by Crippen LogP contribution is -2.16. The molecule has 0 aliphatic heterocycles. The molecule has 0 spiro atoms. The molecule has 0 amide bonds. The van der Waals surface area contributed by atoms with Crippen LogP contribution in [0.1, 0.15) is 142 Å². The number of hydrogen-bond donors (Lipinski definition) is 1. The molecule has 4 heteroatoms. The average molecular weight is 862 g/mol. The molecule has 1 N–H and O–H groups in total. The average Bonchev–Trinajstić information content (AvgIpc) is 3.69. The van der Waals surface area contributed by atoms with Crippen LogP contribution in [0.5, 0.6) is 5.75 Å². The van der Waals surface area contributed by atoms with E-state index in [1.54, 1.807) is 12.3 Å². The van der Waals surface area contributed by atoms with Crippen LogP contribution in [0.15, 0.2) is 140 Å². The Hall–Kier alpha value is -6.26. The first-order chi connectivity index (χ1) is 32.4. The van der Waals surface area contributed by atoms with Gasteiger partial charge in [0, 0.05) is 22.9 Å². The van der Waals surface area contributed by atoms with Crippen molar-refractivity contribution in [1.29, 1.82) is 0 Å². The molecule has 0 saturated carbocycles. The Balaban J connectivity index is 1.43. The van der Waals surface area contributed by atoms with Crippen LogP contribution in [0.3, 0.4) is 0 Å². The predicted octanol–water partition coefficient (Wildman–Crippen LogP) is 17.0. The van der Waals surface area contributed by atoms with Crippen molar-refractivity contribution in [2.24, 2.45) is 0 Å². The largest absolute Gasteiger partial charge is 0.507 e. The van der Waals surface area contributed by atoms with E-state index >= 15 is 0 Å². The Labute approximate surface area is 394 Å². The second-order valence-corrected chi connectivity index (χ2v) is 21.1. The number of benzene rings is 6. The van der Waals surface area contributed by atoms with Crippen LogP contribution in [0.2, 0.25) is 0 Å². The highest BCUT2D eigenvalue weighted by molar-refractivity contribution is 5.98. The maximum atomic E-state index is 12.4. The summed E-state index contributed by atoms with van der Waals surface area (Å²) in [7, 11) is 0. The molecule has 0 aliphatic carbocycles. The standard InChI is InChI=1S/C61H67N3O/c1-14-61(12,13)47-27-28-54(51(37-47)41-19-16-15-17-20-41)64-55-22-18-21-49(56(55)63-58(64)52-35-43(38(2)3)34-50(39(4)5)57(52)65)44-31-45(33-48(32-44)60(9,10)11)53-36-42(29-30-62-53)40-23-25-46(26-24-40)59(6,7)8/h15-39,65H,14H2,1-13H3/i23D,24D,25D,26D. The van der Waals surface area contributed by atoms with Crippen molar-refractivity contribution in [3.8, 4) is 67.5 Å². The molecule has 0 saturated heterocycles. The minimum absolute atomic E-state index is 0.0258. The first kappa shape index (κ1) is 40.3. The first-order valence-corrected chi connectivity index (χ1v) is 23.2. The third-order valence-corrected chi connectivity index (χ3v) is 13.2. The SMILES string of the molecule is [2H]c1c([2H])c(C(C)(C)C)c([2H])c([2H])c1-c1ccnc(-c2cc(-c3cccc4c3nc(-c3cc(C(C)C)cc(C(C)C)c3O)n4-c3ccc(C(C)(C)CC)cc3-c3ccccc3)cc(C(C)(C)C)c2)c1. The summed E-state index contributed by atoms with van der Waals surface area (Å²) >= 11 is 0. The molecule has 8 rings (SSSR count). The van der Waals surface area contributed by atoms with Crippen LogP contribution in [0.4, 0.5) is 0 Å². The van der Waals surface area contributed by atoms with E-state index in [0.717, 1.165) is 67.6 Å². The summed E-state index contributed by atoms with van der Waals surface area (Å²) in [6.45, 7) is 27.8. The number of para-hydroxylation sites is 1. The Bertz CT molecular complexity index is 3230. The highest BCUT2D eigenvalue weighted by atomic mass is 16.3. The van der Waals surface area contributed by atoms with Gasteiger partial charge >= 0.3 is 0 Å². The van der Waals surface area contributed by atoms with Crippen molar-refractivity contribution < 1.29 is 10.6 Å². The van der Waals surface area contributed by atoms with E-state index in [1.807, 2.05) is 32.9 Å². The topological polar surface area (TPSA) is 50.9 Å². The van der Waals surface area contributed by atoms with Gasteiger partial charge in [-0.05, 0) is 133 Å². The molecule has 2 heterocycles. The monoisotopic (exact) mass is 862 g/mol. The molecule has 4 nitrogen and oxygen atoms in total. The van der Waals surface area contributed by atoms with Crippen LogP contribution in [0.25, 0.3) is 72.7 Å². The summed E-state index contributed by atoms with van der Waals surface area (Å²) in [5.41, 5.74) is 13.5. The highest BCUT2D eigenvalue weighted by Gasteiger charge is 2.27. The van der Waals surface area contributed by atoms with Gasteiger partial charge in [0.15, 0.2) is 0 Å². The molecule has 0 unspecified atom stereocenters. The number of rotatable bonds is 10. The van der Waals surface area contributed by atoms with Gasteiger partial charge in [-0.3, -0.25) is 9.55 Å². The Kier molecular flexibility index (Phi) is 10.7. The fourth-order valence-corrected chi connectivity index (χ4v) is 8.53. The van der Waals surface area contributed by atoms with Crippen LogP contribution in [-0.4, -0.2) is 19.6 Å². The Morgan fingerprint density at radius 3 is 1.92 bits per heavy atom. The molecule has 0 fully saturated rings. The first-order valence-electron chi connectivity index (χ1n) is 25.2. The predicted molar refractivity (Wildman–Crippen MR) is 277 cm³/mol. The van der Waals surface area contributed by atoms with Gasteiger partial charge < -0.3 is 5.11 Å². The molecule has 0 aliphatic rings. The Morgan fingerprint density at radius 2 is 1.28 bits per heavy atom. The number of phenolic OH excluding ortho intramolecular Hbond substituents is 1. The van der Waals surface area contributed by atoms with E-state index in [2.05, 4.69) is 165 Å². The van der Waals surface area contributed by atoms with E-state index < -0.39 is 5.41 Å². The summed E-state index contributed by atoms with van der Waals surface area (Å²) in [5.74, 6) is 1.17. The molecule has 0 atom stereocenters. The van der Waals surface area contributed by atoms with Gasteiger partial charge in [-0.2, -0.15) is 0 Å². The molecule has 332 valence electrons. The van der Waals surface area contributed by atoms with E-state index in [-0.39, 0.29) is 58.1 Å². The van der Waals surface area contributed by atoms with Gasteiger partial charge in [0.1, 0.15) is 11.6 Å². The van der Waals surface area contributed by atoms with E-state index in [4.69, 9.17) is 15.5 Å². The zero-order valence-electron chi connectivity index (χ0n) is 44.6. The minimum atomic E-state index is -0.568. The summed E-state index contributed by atoms with van der Waals surface area (Å²) in [4.78, 5) is 10.5. The second-order valence-electron chi connectivity index (χ2n) is 21.1. The lowest BCUT2D eigenvalue weighted by atomic mass is 9.81. The summed E-state index contributed by atoms with van der Waals surface area (Å²) in [6, 6.07) is 37.9. The molecular weight excluding hydrogens is 791 g/mol. The highest BCUT2D eigenvalue weighted by Crippen LogP contribution is 2.45. The maximum absolute atomic E-state index is 12.4. The molecule has 2 aromatic heterocycles. The van der Waals surface area contributed by atoms with Crippen LogP contribution in [0, 0.1) is 0 Å². The summed E-state index contributed by atoms with van der Waals surface area (Å²) < 4.78 is 38.3. The molecular formula is C61H67N3O. The third-order valence-electron chi connectivity index (χ3n) is 13.2. The quantitative estimate of drug-likeness (QED) is 0.149. The number of aromatic nitrogens is 3. The van der Waals surface area contributed by atoms with Crippen molar-refractivity contribution in [2.75, 3.05) is 0 Å². The number of fused-ring (bicyclic) bond motifs is 1. The molecule has 8 aromatic rings. The van der Waals surface area contributed by atoms with Crippen molar-refractivity contribution in [3.05, 3.63) is 167 Å². The maximum Gasteiger partial charge on any atom is 0.149 e. The lowest BCUT2D eigenvalue weighted by molar-refractivity contribution is 0.466. The lowest BCUT2D eigenvalue weighted by Gasteiger charge is -2.26. The number of hydrogen-bond acceptors (Lipinski definition) is 3. The van der Waals surface area contributed by atoms with Crippen LogP contribution >= 0.6 is 0 Å². The summed E-state index contributed by atoms with van der Waals surface area (Å²) in [5, 5.41) is 12.4. The molecule has 0 radical (unpaired) electrons. The van der Waals surface area contributed by atoms with Crippen molar-refractivity contribution >= 4 is 11.0 Å². The van der Waals surface area contributed by atoms with Gasteiger partial charge in [-0.1, -0.05) is 175 Å². The molecule has 6 aromatic carbocycles. The number of imidazole rings is 1. The zero-order valence-corrected chi connectivity index (χ0v) is 40.6. The van der Waals surface area contributed by atoms with Crippen molar-refractivity contribution in [1.82, 2.24) is 14.5 Å². The van der Waals surface area contributed by atoms with Crippen molar-refractivity contribution in [3.63, 3.8) is 0 Å². The van der Waals surface area contributed by atoms with E-state index in [0.29, 0.717) is 28.2 Å². The number of nitrogens with zero attached hydrogens (tertiary/aromatic N) is 3.